The molecule has 2 nitrogen and oxygen atoms in total. The third-order valence-corrected chi connectivity index (χ3v) is 2.43. The molecule has 0 saturated carbocycles. The Hall–Kier alpha value is 0.300. The normalized spacial score (nSPS) is 33.3. The van der Waals surface area contributed by atoms with Crippen LogP contribution < -0.4 is 5.73 Å². The summed E-state index contributed by atoms with van der Waals surface area (Å²) in [6.07, 6.45) is 0. The van der Waals surface area contributed by atoms with Crippen LogP contribution in [0.4, 0.5) is 0 Å². The monoisotopic (exact) mass is 210 g/mol. The zero-order chi connectivity index (χ0) is 6.15. The Morgan fingerprint density at radius 2 is 2.11 bits per heavy atom. The minimum Gasteiger partial charge on any atom is -0.379 e. The summed E-state index contributed by atoms with van der Waals surface area (Å²) in [5.41, 5.74) is 5.43. The lowest BCUT2D eigenvalue weighted by molar-refractivity contribution is 0.749. The van der Waals surface area contributed by atoms with Gasteiger partial charge in [0, 0.05) is 5.25 Å². The predicted molar refractivity (Wildman–Crippen MR) is 48.5 cm³/mol. The molecule has 2 N–H and O–H groups in total. The van der Waals surface area contributed by atoms with Gasteiger partial charge in [-0.15, -0.1) is 17.0 Å². The molecule has 54 valence electrons. The van der Waals surface area contributed by atoms with E-state index in [-0.39, 0.29) is 17.0 Å². The quantitative estimate of drug-likeness (QED) is 0.657. The standard InChI is InChI=1S/C5H10N2S.BrH/c1-3-4(2)8-5(6)7-3;/h3-4H,1-2H3,(H2,6,7);1H. The molecule has 0 radical (unpaired) electrons. The Morgan fingerprint density at radius 1 is 1.56 bits per heavy atom. The predicted octanol–water partition coefficient (Wildman–Crippen LogP) is 1.40. The fourth-order valence-electron chi connectivity index (χ4n) is 0.625. The number of thioether (sulfide) groups is 1. The Morgan fingerprint density at radius 3 is 2.22 bits per heavy atom. The Kier molecular flexibility index (Phi) is 3.58. The van der Waals surface area contributed by atoms with Crippen molar-refractivity contribution >= 4 is 33.9 Å². The number of nitrogens with two attached hydrogens (primary N) is 1. The molecule has 1 heterocycles. The van der Waals surface area contributed by atoms with Crippen molar-refractivity contribution in [3.8, 4) is 0 Å². The first-order chi connectivity index (χ1) is 3.70. The molecule has 4 heteroatoms. The summed E-state index contributed by atoms with van der Waals surface area (Å²) in [5, 5.41) is 1.32. The molecular formula is C5H11BrN2S. The molecule has 0 fully saturated rings. The number of hydrogen-bond donors (Lipinski definition) is 1. The maximum Gasteiger partial charge on any atom is 0.154 e. The van der Waals surface area contributed by atoms with Gasteiger partial charge in [-0.2, -0.15) is 0 Å². The first-order valence-corrected chi connectivity index (χ1v) is 3.58. The summed E-state index contributed by atoms with van der Waals surface area (Å²) in [6.45, 7) is 4.22. The van der Waals surface area contributed by atoms with Gasteiger partial charge >= 0.3 is 0 Å². The average Bonchev–Trinajstić information content (AvgIpc) is 1.85. The average molecular weight is 211 g/mol. The Bertz CT molecular complexity index is 126. The van der Waals surface area contributed by atoms with Crippen LogP contribution in [0.3, 0.4) is 0 Å². The number of halogens is 1. The van der Waals surface area contributed by atoms with E-state index in [4.69, 9.17) is 5.73 Å². The van der Waals surface area contributed by atoms with Gasteiger partial charge in [-0.25, -0.2) is 0 Å². The fraction of sp³-hybridized carbons (Fsp3) is 0.800. The van der Waals surface area contributed by atoms with E-state index in [1.54, 1.807) is 11.8 Å². The molecule has 1 aliphatic rings. The van der Waals surface area contributed by atoms with Crippen molar-refractivity contribution in [2.24, 2.45) is 10.7 Å². The van der Waals surface area contributed by atoms with Crippen LogP contribution in [0.1, 0.15) is 13.8 Å². The second-order valence-corrected chi connectivity index (χ2v) is 3.43. The van der Waals surface area contributed by atoms with Gasteiger partial charge in [0.2, 0.25) is 0 Å². The van der Waals surface area contributed by atoms with Gasteiger partial charge in [-0.05, 0) is 6.92 Å². The van der Waals surface area contributed by atoms with Gasteiger partial charge in [0.1, 0.15) is 0 Å². The lowest BCUT2D eigenvalue weighted by atomic mass is 10.3. The molecule has 1 rings (SSSR count). The third-order valence-electron chi connectivity index (χ3n) is 1.32. The van der Waals surface area contributed by atoms with Crippen LogP contribution in [-0.2, 0) is 0 Å². The van der Waals surface area contributed by atoms with E-state index in [1.165, 1.54) is 0 Å². The van der Waals surface area contributed by atoms with E-state index in [0.29, 0.717) is 11.3 Å². The molecule has 0 saturated heterocycles. The zero-order valence-corrected chi connectivity index (χ0v) is 8.03. The maximum atomic E-state index is 5.43. The lowest BCUT2D eigenvalue weighted by Gasteiger charge is -2.01. The SMILES string of the molecule is Br.CC1N=C(N)SC1C. The topological polar surface area (TPSA) is 38.4 Å². The van der Waals surface area contributed by atoms with Crippen LogP contribution in [0.5, 0.6) is 0 Å². The number of amidine groups is 1. The van der Waals surface area contributed by atoms with Crippen molar-refractivity contribution in [2.75, 3.05) is 0 Å². The molecule has 0 aromatic carbocycles. The highest BCUT2D eigenvalue weighted by atomic mass is 79.9. The largest absolute Gasteiger partial charge is 0.379 e. The molecule has 9 heavy (non-hydrogen) atoms. The summed E-state index contributed by atoms with van der Waals surface area (Å²) >= 11 is 1.66. The van der Waals surface area contributed by atoms with Crippen LogP contribution in [0.2, 0.25) is 0 Å². The minimum atomic E-state index is 0. The van der Waals surface area contributed by atoms with Gasteiger partial charge in [-0.3, -0.25) is 4.99 Å². The fourth-order valence-corrected chi connectivity index (χ4v) is 1.49. The molecule has 0 bridgehead atoms. The first kappa shape index (κ1) is 9.30. The Balaban J connectivity index is 0.000000640. The Labute approximate surface area is 70.1 Å². The van der Waals surface area contributed by atoms with Crippen molar-refractivity contribution in [3.05, 3.63) is 0 Å². The third kappa shape index (κ3) is 2.18. The summed E-state index contributed by atoms with van der Waals surface area (Å²) in [5.74, 6) is 0. The number of aliphatic imine (C=N–C) groups is 1. The van der Waals surface area contributed by atoms with E-state index in [9.17, 15) is 0 Å². The molecule has 0 aromatic rings. The summed E-state index contributed by atoms with van der Waals surface area (Å²) in [4.78, 5) is 4.13. The van der Waals surface area contributed by atoms with Crippen LogP contribution >= 0.6 is 28.7 Å². The van der Waals surface area contributed by atoms with E-state index >= 15 is 0 Å². The minimum absolute atomic E-state index is 0. The molecular weight excluding hydrogens is 200 g/mol. The van der Waals surface area contributed by atoms with Crippen molar-refractivity contribution in [3.63, 3.8) is 0 Å². The zero-order valence-electron chi connectivity index (χ0n) is 5.50. The van der Waals surface area contributed by atoms with E-state index < -0.39 is 0 Å². The van der Waals surface area contributed by atoms with Gasteiger partial charge in [0.25, 0.3) is 0 Å². The number of rotatable bonds is 0. The lowest BCUT2D eigenvalue weighted by Crippen LogP contribution is -2.07. The van der Waals surface area contributed by atoms with Crippen molar-refractivity contribution < 1.29 is 0 Å². The highest BCUT2D eigenvalue weighted by Gasteiger charge is 2.19. The second kappa shape index (κ2) is 3.46. The highest BCUT2D eigenvalue weighted by Crippen LogP contribution is 2.23. The van der Waals surface area contributed by atoms with Gasteiger partial charge in [-0.1, -0.05) is 18.7 Å². The van der Waals surface area contributed by atoms with Crippen LogP contribution in [0, 0.1) is 0 Å². The molecule has 2 unspecified atom stereocenters. The summed E-state index contributed by atoms with van der Waals surface area (Å²) < 4.78 is 0. The molecule has 0 amide bonds. The van der Waals surface area contributed by atoms with E-state index in [0.717, 1.165) is 5.17 Å². The molecule has 0 spiro atoms. The maximum absolute atomic E-state index is 5.43. The van der Waals surface area contributed by atoms with Crippen LogP contribution in [0.25, 0.3) is 0 Å². The molecule has 0 aromatic heterocycles. The highest BCUT2D eigenvalue weighted by molar-refractivity contribution is 8.93. The van der Waals surface area contributed by atoms with Gasteiger partial charge in [0.05, 0.1) is 6.04 Å². The van der Waals surface area contributed by atoms with E-state index in [1.807, 2.05) is 0 Å². The van der Waals surface area contributed by atoms with E-state index in [2.05, 4.69) is 18.8 Å². The molecule has 0 aliphatic carbocycles. The summed E-state index contributed by atoms with van der Waals surface area (Å²) in [6, 6.07) is 0.417. The first-order valence-electron chi connectivity index (χ1n) is 2.70. The van der Waals surface area contributed by atoms with Crippen molar-refractivity contribution in [1.82, 2.24) is 0 Å². The molecule has 2 atom stereocenters. The van der Waals surface area contributed by atoms with Crippen molar-refractivity contribution in [1.29, 1.82) is 0 Å². The van der Waals surface area contributed by atoms with Crippen LogP contribution in [0.15, 0.2) is 4.99 Å². The van der Waals surface area contributed by atoms with Crippen molar-refractivity contribution in [2.45, 2.75) is 25.1 Å². The molecule has 1 aliphatic heterocycles. The smallest absolute Gasteiger partial charge is 0.154 e. The number of hydrogen-bond acceptors (Lipinski definition) is 3. The van der Waals surface area contributed by atoms with Crippen LogP contribution in [-0.4, -0.2) is 16.5 Å². The number of nitrogens with zero attached hydrogens (tertiary/aromatic N) is 1. The van der Waals surface area contributed by atoms with Gasteiger partial charge in [0.15, 0.2) is 5.17 Å². The second-order valence-electron chi connectivity index (χ2n) is 2.03. The summed E-state index contributed by atoms with van der Waals surface area (Å²) in [7, 11) is 0. The van der Waals surface area contributed by atoms with Gasteiger partial charge < -0.3 is 5.73 Å².